The largest absolute Gasteiger partial charge is 0.497 e. The van der Waals surface area contributed by atoms with Gasteiger partial charge in [0.05, 0.1) is 12.7 Å². The Morgan fingerprint density at radius 3 is 2.61 bits per heavy atom. The Bertz CT molecular complexity index is 667. The van der Waals surface area contributed by atoms with Crippen molar-refractivity contribution < 1.29 is 9.53 Å². The molecule has 120 valence electrons. The van der Waals surface area contributed by atoms with E-state index >= 15 is 0 Å². The van der Waals surface area contributed by atoms with Crippen molar-refractivity contribution in [3.8, 4) is 5.75 Å². The zero-order valence-electron chi connectivity index (χ0n) is 13.2. The number of carbonyl (C=O) groups is 1. The Labute approximate surface area is 135 Å². The third-order valence-corrected chi connectivity index (χ3v) is 3.87. The lowest BCUT2D eigenvalue weighted by atomic mass is 10.1. The molecule has 23 heavy (non-hydrogen) atoms. The van der Waals surface area contributed by atoms with Crippen LogP contribution in [0.5, 0.6) is 5.75 Å². The van der Waals surface area contributed by atoms with E-state index < -0.39 is 0 Å². The summed E-state index contributed by atoms with van der Waals surface area (Å²) >= 11 is 0. The summed E-state index contributed by atoms with van der Waals surface area (Å²) in [5, 5.41) is 2.82. The van der Waals surface area contributed by atoms with E-state index in [1.165, 1.54) is 19.3 Å². The van der Waals surface area contributed by atoms with Crippen molar-refractivity contribution >= 4 is 17.5 Å². The highest BCUT2D eigenvalue weighted by Gasteiger charge is 2.14. The van der Waals surface area contributed by atoms with Gasteiger partial charge in [-0.2, -0.15) is 0 Å². The number of rotatable bonds is 4. The van der Waals surface area contributed by atoms with Crippen molar-refractivity contribution in [2.45, 2.75) is 19.3 Å². The molecule has 6 heteroatoms. The highest BCUT2D eigenvalue weighted by Crippen LogP contribution is 2.18. The van der Waals surface area contributed by atoms with E-state index in [9.17, 15) is 4.79 Å². The van der Waals surface area contributed by atoms with Gasteiger partial charge in [-0.1, -0.05) is 6.07 Å². The zero-order valence-corrected chi connectivity index (χ0v) is 13.2. The number of nitrogens with one attached hydrogen (secondary N) is 1. The quantitative estimate of drug-likeness (QED) is 0.940. The Kier molecular flexibility index (Phi) is 4.71. The monoisotopic (exact) mass is 312 g/mol. The summed E-state index contributed by atoms with van der Waals surface area (Å²) < 4.78 is 5.14. The summed E-state index contributed by atoms with van der Waals surface area (Å²) in [5.41, 5.74) is 1.11. The van der Waals surface area contributed by atoms with Crippen LogP contribution in [0.3, 0.4) is 0 Å². The van der Waals surface area contributed by atoms with Crippen LogP contribution in [0.4, 0.5) is 11.6 Å². The van der Waals surface area contributed by atoms with E-state index in [0.29, 0.717) is 22.9 Å². The number of anilines is 2. The molecule has 2 aromatic rings. The van der Waals surface area contributed by atoms with Crippen LogP contribution >= 0.6 is 0 Å². The van der Waals surface area contributed by atoms with Crippen LogP contribution in [0, 0.1) is 0 Å². The summed E-state index contributed by atoms with van der Waals surface area (Å²) in [5.74, 6) is 1.16. The van der Waals surface area contributed by atoms with Gasteiger partial charge in [-0.15, -0.1) is 0 Å². The SMILES string of the molecule is COc1cccc(NC(=O)c2cnc(N3CCCCC3)nc2)c1. The van der Waals surface area contributed by atoms with E-state index in [4.69, 9.17) is 4.74 Å². The molecule has 1 aliphatic rings. The number of carbonyl (C=O) groups excluding carboxylic acids is 1. The van der Waals surface area contributed by atoms with Crippen LogP contribution in [-0.4, -0.2) is 36.1 Å². The van der Waals surface area contributed by atoms with Gasteiger partial charge in [0.2, 0.25) is 5.95 Å². The van der Waals surface area contributed by atoms with E-state index in [2.05, 4.69) is 20.2 Å². The lowest BCUT2D eigenvalue weighted by Gasteiger charge is -2.26. The summed E-state index contributed by atoms with van der Waals surface area (Å²) in [6.07, 6.45) is 6.75. The fourth-order valence-corrected chi connectivity index (χ4v) is 2.60. The van der Waals surface area contributed by atoms with Crippen LogP contribution in [0.1, 0.15) is 29.6 Å². The minimum atomic E-state index is -0.233. The number of nitrogens with zero attached hydrogens (tertiary/aromatic N) is 3. The van der Waals surface area contributed by atoms with Crippen LogP contribution in [0.25, 0.3) is 0 Å². The van der Waals surface area contributed by atoms with E-state index in [-0.39, 0.29) is 5.91 Å². The average Bonchev–Trinajstić information content (AvgIpc) is 2.63. The number of hydrogen-bond acceptors (Lipinski definition) is 5. The van der Waals surface area contributed by atoms with Gasteiger partial charge in [0.1, 0.15) is 5.75 Å². The molecule has 2 heterocycles. The lowest BCUT2D eigenvalue weighted by molar-refractivity contribution is 0.102. The molecule has 1 aromatic carbocycles. The van der Waals surface area contributed by atoms with Crippen LogP contribution in [0.15, 0.2) is 36.7 Å². The predicted octanol–water partition coefficient (Wildman–Crippen LogP) is 2.73. The van der Waals surface area contributed by atoms with Gasteiger partial charge < -0.3 is 15.0 Å². The molecule has 6 nitrogen and oxygen atoms in total. The van der Waals surface area contributed by atoms with Crippen LogP contribution in [-0.2, 0) is 0 Å². The number of methoxy groups -OCH3 is 1. The van der Waals surface area contributed by atoms with Crippen molar-refractivity contribution in [1.82, 2.24) is 9.97 Å². The topological polar surface area (TPSA) is 67.3 Å². The fourth-order valence-electron chi connectivity index (χ4n) is 2.60. The first-order chi connectivity index (χ1) is 11.3. The van der Waals surface area contributed by atoms with Crippen molar-refractivity contribution in [3.05, 3.63) is 42.2 Å². The molecule has 0 saturated carbocycles. The third kappa shape index (κ3) is 3.77. The number of aromatic nitrogens is 2. The number of ether oxygens (including phenoxy) is 1. The summed E-state index contributed by atoms with van der Waals surface area (Å²) in [6.45, 7) is 1.96. The van der Waals surface area contributed by atoms with Gasteiger partial charge in [-0.05, 0) is 31.4 Å². The van der Waals surface area contributed by atoms with E-state index in [1.807, 2.05) is 18.2 Å². The molecule has 1 aromatic heterocycles. The highest BCUT2D eigenvalue weighted by atomic mass is 16.5. The Hall–Kier alpha value is -2.63. The molecular weight excluding hydrogens is 292 g/mol. The molecular formula is C17H20N4O2. The molecule has 3 rings (SSSR count). The summed E-state index contributed by atoms with van der Waals surface area (Å²) in [6, 6.07) is 7.22. The molecule has 1 amide bonds. The average molecular weight is 312 g/mol. The fraction of sp³-hybridized carbons (Fsp3) is 0.353. The molecule has 0 bridgehead atoms. The van der Waals surface area contributed by atoms with E-state index in [1.54, 1.807) is 25.6 Å². The molecule has 0 spiro atoms. The Morgan fingerprint density at radius 1 is 1.17 bits per heavy atom. The molecule has 1 saturated heterocycles. The first kappa shape index (κ1) is 15.3. The zero-order chi connectivity index (χ0) is 16.1. The first-order valence-corrected chi connectivity index (χ1v) is 7.78. The minimum absolute atomic E-state index is 0.233. The van der Waals surface area contributed by atoms with Crippen LogP contribution < -0.4 is 15.0 Å². The lowest BCUT2D eigenvalue weighted by Crippen LogP contribution is -2.31. The van der Waals surface area contributed by atoms with Crippen LogP contribution in [0.2, 0.25) is 0 Å². The molecule has 1 aliphatic heterocycles. The van der Waals surface area contributed by atoms with Gasteiger partial charge in [0.15, 0.2) is 0 Å². The van der Waals surface area contributed by atoms with Gasteiger partial charge in [0, 0.05) is 37.2 Å². The number of amides is 1. The standard InChI is InChI=1S/C17H20N4O2/c1-23-15-7-5-6-14(10-15)20-16(22)13-11-18-17(19-12-13)21-8-3-2-4-9-21/h5-7,10-12H,2-4,8-9H2,1H3,(H,20,22). The van der Waals surface area contributed by atoms with Gasteiger partial charge in [-0.3, -0.25) is 4.79 Å². The van der Waals surface area contributed by atoms with Crippen molar-refractivity contribution in [2.24, 2.45) is 0 Å². The van der Waals surface area contributed by atoms with Crippen molar-refractivity contribution in [1.29, 1.82) is 0 Å². The predicted molar refractivity (Wildman–Crippen MR) is 89.0 cm³/mol. The third-order valence-electron chi connectivity index (χ3n) is 3.87. The Morgan fingerprint density at radius 2 is 1.91 bits per heavy atom. The second-order valence-corrected chi connectivity index (χ2v) is 5.51. The second-order valence-electron chi connectivity index (χ2n) is 5.51. The molecule has 0 radical (unpaired) electrons. The summed E-state index contributed by atoms with van der Waals surface area (Å²) in [4.78, 5) is 23.1. The number of piperidine rings is 1. The highest BCUT2D eigenvalue weighted by molar-refractivity contribution is 6.03. The molecule has 0 unspecified atom stereocenters. The maximum atomic E-state index is 12.3. The summed E-state index contributed by atoms with van der Waals surface area (Å²) in [7, 11) is 1.59. The molecule has 0 atom stereocenters. The van der Waals surface area contributed by atoms with Gasteiger partial charge in [-0.25, -0.2) is 9.97 Å². The normalized spacial score (nSPS) is 14.4. The Balaban J connectivity index is 1.67. The van der Waals surface area contributed by atoms with Crippen molar-refractivity contribution in [3.63, 3.8) is 0 Å². The minimum Gasteiger partial charge on any atom is -0.497 e. The maximum Gasteiger partial charge on any atom is 0.258 e. The van der Waals surface area contributed by atoms with Gasteiger partial charge in [0.25, 0.3) is 5.91 Å². The van der Waals surface area contributed by atoms with Gasteiger partial charge >= 0.3 is 0 Å². The maximum absolute atomic E-state index is 12.3. The molecule has 1 fully saturated rings. The van der Waals surface area contributed by atoms with Crippen molar-refractivity contribution in [2.75, 3.05) is 30.4 Å². The molecule has 0 aliphatic carbocycles. The second kappa shape index (κ2) is 7.09. The molecule has 1 N–H and O–H groups in total. The first-order valence-electron chi connectivity index (χ1n) is 7.78. The smallest absolute Gasteiger partial charge is 0.258 e. The number of hydrogen-bond donors (Lipinski definition) is 1. The van der Waals surface area contributed by atoms with E-state index in [0.717, 1.165) is 13.1 Å². The number of benzene rings is 1.